The van der Waals surface area contributed by atoms with Gasteiger partial charge in [0.05, 0.1) is 41.5 Å². The minimum absolute atomic E-state index is 0. The quantitative estimate of drug-likeness (QED) is 0.0723. The van der Waals surface area contributed by atoms with Crippen LogP contribution in [0.15, 0.2) is 235 Å². The fraction of sp³-hybridized carbons (Fsp3) is 0.0725. The van der Waals surface area contributed by atoms with E-state index in [0.29, 0.717) is 34.0 Å². The fourth-order valence-corrected chi connectivity index (χ4v) is 10.2. The van der Waals surface area contributed by atoms with Crippen LogP contribution < -0.4 is 9.30 Å². The fourth-order valence-electron chi connectivity index (χ4n) is 10.2. The van der Waals surface area contributed by atoms with Gasteiger partial charge in [0.2, 0.25) is 0 Å². The predicted octanol–water partition coefficient (Wildman–Crippen LogP) is 17.2. The van der Waals surface area contributed by atoms with Gasteiger partial charge in [-0.2, -0.15) is 18.2 Å². The van der Waals surface area contributed by atoms with Crippen molar-refractivity contribution < 1.29 is 44.1 Å². The SMILES string of the molecule is [2H]c1c([2H])c([2H])c(-c2cccc(-c3c([2H])c([2H])c([2H])c([2H])c3[2H])c2-[n+]2[c-]n(-c3[c-]c(Oc4[c-]c5c(cc4)c4cc(-c6cccc7c8ccccc8n(-c8ccccc8)c67)ccc4n5/C(=C/CC(C)(C)C)N=C)ccc3)c3ccccc32)c([2H])c1[2H].[Pt]. The van der Waals surface area contributed by atoms with Crippen molar-refractivity contribution in [1.82, 2.24) is 13.7 Å². The number of hydrogen-bond donors (Lipinski definition) is 0. The Balaban J connectivity index is 0.00000724. The molecule has 6 nitrogen and oxygen atoms in total. The Morgan fingerprint density at radius 2 is 1.25 bits per heavy atom. The number of rotatable bonds is 11. The van der Waals surface area contributed by atoms with E-state index in [0.717, 1.165) is 61.5 Å². The van der Waals surface area contributed by atoms with E-state index in [9.17, 15) is 0 Å². The van der Waals surface area contributed by atoms with Crippen LogP contribution in [0.1, 0.15) is 40.9 Å². The number of fused-ring (bicyclic) bond motifs is 7. The Morgan fingerprint density at radius 3 is 1.99 bits per heavy atom. The van der Waals surface area contributed by atoms with Gasteiger partial charge >= 0.3 is 0 Å². The molecule has 3 heterocycles. The molecule has 0 N–H and O–H groups in total. The molecule has 0 atom stereocenters. The summed E-state index contributed by atoms with van der Waals surface area (Å²) >= 11 is 0. The normalized spacial score (nSPS) is 13.8. The Kier molecular flexibility index (Phi) is 9.85. The number of nitrogens with zero attached hydrogens (tertiary/aromatic N) is 5. The number of benzene rings is 10. The summed E-state index contributed by atoms with van der Waals surface area (Å²) in [6.07, 6.45) is 6.26. The number of allylic oxidation sites excluding steroid dienone is 1. The smallest absolute Gasteiger partial charge is 0.268 e. The molecule has 0 aliphatic heterocycles. The van der Waals surface area contributed by atoms with Crippen LogP contribution in [0.25, 0.3) is 111 Å². The first-order valence-corrected chi connectivity index (χ1v) is 24.6. The van der Waals surface area contributed by atoms with E-state index in [4.69, 9.17) is 18.4 Å². The van der Waals surface area contributed by atoms with Crippen molar-refractivity contribution in [2.75, 3.05) is 0 Å². The number of hydrogen-bond acceptors (Lipinski definition) is 2. The second-order valence-electron chi connectivity index (χ2n) is 19.5. The number of ether oxygens (including phenoxy) is 1. The van der Waals surface area contributed by atoms with E-state index in [-0.39, 0.29) is 54.4 Å². The van der Waals surface area contributed by atoms with E-state index in [1.807, 2.05) is 48.5 Å². The van der Waals surface area contributed by atoms with Gasteiger partial charge in [-0.1, -0.05) is 196 Å². The number of aliphatic imine (C=N–C) groups is 1. The molecule has 0 bridgehead atoms. The second-order valence-corrected chi connectivity index (χ2v) is 19.5. The summed E-state index contributed by atoms with van der Waals surface area (Å²) in [5.41, 5.74) is 8.73. The van der Waals surface area contributed by atoms with E-state index in [1.165, 1.54) is 5.39 Å². The Morgan fingerprint density at radius 1 is 0.605 bits per heavy atom. The van der Waals surface area contributed by atoms with Crippen LogP contribution in [0.4, 0.5) is 0 Å². The summed E-state index contributed by atoms with van der Waals surface area (Å²) in [4.78, 5) is 4.63. The van der Waals surface area contributed by atoms with Gasteiger partial charge in [0.25, 0.3) is 6.33 Å². The number of aromatic nitrogens is 4. The minimum atomic E-state index is -0.579. The second kappa shape index (κ2) is 19.8. The molecule has 0 aliphatic rings. The molecule has 0 saturated carbocycles. The largest absolute Gasteiger partial charge is 0.510 e. The maximum atomic E-state index is 9.09. The van der Waals surface area contributed by atoms with Crippen LogP contribution >= 0.6 is 0 Å². The van der Waals surface area contributed by atoms with Crippen molar-refractivity contribution in [3.05, 3.63) is 249 Å². The van der Waals surface area contributed by atoms with Gasteiger partial charge in [-0.05, 0) is 87.8 Å². The molecule has 0 spiro atoms. The molecule has 13 aromatic rings. The van der Waals surface area contributed by atoms with Gasteiger partial charge in [0.15, 0.2) is 0 Å². The summed E-state index contributed by atoms with van der Waals surface area (Å²) in [5, 5.41) is 4.23. The molecular weight excluding hydrogens is 1110 g/mol. The van der Waals surface area contributed by atoms with Crippen LogP contribution in [0.2, 0.25) is 0 Å². The molecule has 76 heavy (non-hydrogen) atoms. The maximum Gasteiger partial charge on any atom is 0.268 e. The van der Waals surface area contributed by atoms with E-state index < -0.39 is 60.4 Å². The van der Waals surface area contributed by atoms with Crippen LogP contribution in [0.3, 0.4) is 0 Å². The Labute approximate surface area is 471 Å². The monoisotopic (exact) mass is 1170 g/mol. The van der Waals surface area contributed by atoms with Crippen molar-refractivity contribution in [2.45, 2.75) is 27.2 Å². The van der Waals surface area contributed by atoms with E-state index >= 15 is 0 Å². The molecular formula is C69H51N5OPt-2. The van der Waals surface area contributed by atoms with Crippen LogP contribution in [0.5, 0.6) is 11.5 Å². The molecule has 0 radical (unpaired) electrons. The van der Waals surface area contributed by atoms with E-state index in [1.54, 1.807) is 39.5 Å². The predicted molar refractivity (Wildman–Crippen MR) is 309 cm³/mol. The summed E-state index contributed by atoms with van der Waals surface area (Å²) in [7, 11) is 0. The third-order valence-corrected chi connectivity index (χ3v) is 13.5. The molecule has 3 aromatic heterocycles. The summed E-state index contributed by atoms with van der Waals surface area (Å²) in [5.74, 6) is 1.39. The molecule has 370 valence electrons. The third kappa shape index (κ3) is 8.55. The van der Waals surface area contributed by atoms with Crippen molar-refractivity contribution in [3.8, 4) is 61.9 Å². The molecule has 13 rings (SSSR count). The first kappa shape index (κ1) is 37.8. The van der Waals surface area contributed by atoms with Gasteiger partial charge in [-0.25, -0.2) is 4.99 Å². The molecule has 10 aromatic carbocycles. The van der Waals surface area contributed by atoms with Crippen LogP contribution in [-0.2, 0) is 21.1 Å². The summed E-state index contributed by atoms with van der Waals surface area (Å²) in [6, 6.07) is 55.1. The molecule has 0 aliphatic carbocycles. The number of para-hydroxylation sites is 6. The van der Waals surface area contributed by atoms with Crippen molar-refractivity contribution >= 4 is 67.2 Å². The third-order valence-electron chi connectivity index (χ3n) is 13.5. The maximum absolute atomic E-state index is 9.09. The average molecular weight is 1170 g/mol. The van der Waals surface area contributed by atoms with Crippen molar-refractivity contribution in [3.63, 3.8) is 0 Å². The topological polar surface area (TPSA) is 40.3 Å². The number of imidazole rings is 1. The molecule has 0 saturated heterocycles. The van der Waals surface area contributed by atoms with E-state index in [2.05, 4.69) is 151 Å². The minimum Gasteiger partial charge on any atom is -0.510 e. The molecule has 0 fully saturated rings. The van der Waals surface area contributed by atoms with Gasteiger partial charge < -0.3 is 18.4 Å². The zero-order valence-corrected chi connectivity index (χ0v) is 43.8. The first-order chi connectivity index (χ1) is 40.9. The van der Waals surface area contributed by atoms with Gasteiger partial charge in [-0.15, -0.1) is 29.7 Å². The van der Waals surface area contributed by atoms with Crippen molar-refractivity contribution in [2.24, 2.45) is 10.4 Å². The standard InChI is InChI=1S/C69H51N5O.Pt/c1-69(2,3)42-41-66(70-4)74-62-40-37-49(56-32-20-33-59-57-29-14-15-34-61(57)73(68(56)59)50-25-12-7-13-26-50)43-60(62)58-39-38-53(45-65(58)74)75-52-28-18-27-51(44-52)71-46-72(64-36-17-16-35-63(64)71)67-54(47-21-8-5-9-22-47)30-19-31-55(67)48-23-10-6-11-24-48;/h5-41,43H,4,42H2,1-3H3;/q-2;/b66-41+;/i5D,6D,8D,9D,10D,11D,21D,22D,23D,24D;. The van der Waals surface area contributed by atoms with Gasteiger partial charge in [0, 0.05) is 60.1 Å². The zero-order chi connectivity index (χ0) is 59.3. The Hall–Kier alpha value is -8.83. The van der Waals surface area contributed by atoms with Crippen LogP contribution in [0, 0.1) is 23.9 Å². The first-order valence-electron chi connectivity index (χ1n) is 29.6. The summed E-state index contributed by atoms with van der Waals surface area (Å²) < 4.78 is 102. The van der Waals surface area contributed by atoms with Gasteiger partial charge in [-0.3, -0.25) is 4.57 Å². The Bertz CT molecular complexity index is 4840. The molecule has 7 heteroatoms. The molecule has 0 unspecified atom stereocenters. The summed E-state index contributed by atoms with van der Waals surface area (Å²) in [6.45, 7) is 10.6. The van der Waals surface area contributed by atoms with Crippen LogP contribution in [-0.4, -0.2) is 20.4 Å². The van der Waals surface area contributed by atoms with Crippen molar-refractivity contribution in [1.29, 1.82) is 0 Å². The average Bonchev–Trinajstić information content (AvgIpc) is 1.75. The van der Waals surface area contributed by atoms with Gasteiger partial charge in [0.1, 0.15) is 5.82 Å². The molecule has 0 amide bonds. The zero-order valence-electron chi connectivity index (χ0n) is 51.5.